The van der Waals surface area contributed by atoms with Crippen molar-refractivity contribution in [2.24, 2.45) is 0 Å². The molecule has 0 spiro atoms. The molecule has 0 N–H and O–H groups in total. The summed E-state index contributed by atoms with van der Waals surface area (Å²) in [5, 5.41) is 2.36. The van der Waals surface area contributed by atoms with Crippen molar-refractivity contribution < 1.29 is 4.74 Å². The maximum absolute atomic E-state index is 6.93. The van der Waals surface area contributed by atoms with Crippen LogP contribution in [0, 0.1) is 0 Å². The van der Waals surface area contributed by atoms with Gasteiger partial charge in [0.25, 0.3) is 0 Å². The van der Waals surface area contributed by atoms with Gasteiger partial charge in [-0.05, 0) is 110 Å². The van der Waals surface area contributed by atoms with Crippen molar-refractivity contribution in [2.75, 3.05) is 21.4 Å². The third-order valence-corrected chi connectivity index (χ3v) is 15.8. The number of para-hydroxylation sites is 3. The number of aromatic nitrogens is 2. The van der Waals surface area contributed by atoms with Crippen LogP contribution in [0.3, 0.4) is 0 Å². The lowest BCUT2D eigenvalue weighted by molar-refractivity contribution is 0.479. The Hall–Kier alpha value is -6.79. The Morgan fingerprint density at radius 3 is 1.61 bits per heavy atom. The van der Waals surface area contributed by atoms with Crippen molar-refractivity contribution in [1.82, 2.24) is 9.55 Å². The third-order valence-electron chi connectivity index (χ3n) is 15.8. The molecule has 336 valence electrons. The zero-order chi connectivity index (χ0) is 46.7. The second-order valence-electron chi connectivity index (χ2n) is 23.1. The van der Waals surface area contributed by atoms with Gasteiger partial charge in [0.05, 0.1) is 34.8 Å². The largest absolute Gasteiger partial charge is 0.457 e. The summed E-state index contributed by atoms with van der Waals surface area (Å²) in [4.78, 5) is 12.3. The van der Waals surface area contributed by atoms with E-state index in [0.717, 1.165) is 34.0 Å². The molecule has 0 aliphatic carbocycles. The van der Waals surface area contributed by atoms with Gasteiger partial charge < -0.3 is 19.4 Å². The second-order valence-corrected chi connectivity index (χ2v) is 23.1. The Balaban J connectivity index is 0.918. The maximum atomic E-state index is 6.93. The zero-order valence-electron chi connectivity index (χ0n) is 41.1. The number of nitrogens with zero attached hydrogens (tertiary/aromatic N) is 5. The van der Waals surface area contributed by atoms with Crippen molar-refractivity contribution in [3.05, 3.63) is 184 Å². The molecule has 6 heteroatoms. The van der Waals surface area contributed by atoms with E-state index in [0.29, 0.717) is 6.67 Å². The summed E-state index contributed by atoms with van der Waals surface area (Å²) in [6.07, 6.45) is 6.41. The molecule has 6 aromatic carbocycles. The Morgan fingerprint density at radius 2 is 1.01 bits per heavy atom. The molecular weight excluding hydrogens is 819 g/mol. The van der Waals surface area contributed by atoms with Crippen LogP contribution in [0.15, 0.2) is 140 Å². The van der Waals surface area contributed by atoms with Gasteiger partial charge in [0.15, 0.2) is 0 Å². The SMILES string of the molecule is CC(C)(C)c1cc(Oc2ccc3c4ccccc4n(-c4cc(C(C)(C)C)ccn4)c3c2)cc(N2C=CN(c3cc4c5c(c3)C(C)(C)c3cccc6c3N5c3c(cccc3C4(C)C)C6(C)C)C2)c1. The average Bonchev–Trinajstić information content (AvgIpc) is 3.91. The highest BCUT2D eigenvalue weighted by molar-refractivity contribution is 6.09. The average molecular weight is 880 g/mol. The summed E-state index contributed by atoms with van der Waals surface area (Å²) >= 11 is 0. The van der Waals surface area contributed by atoms with Crippen LogP contribution in [0.2, 0.25) is 0 Å². The van der Waals surface area contributed by atoms with E-state index >= 15 is 0 Å². The van der Waals surface area contributed by atoms with E-state index in [9.17, 15) is 0 Å². The van der Waals surface area contributed by atoms with Crippen molar-refractivity contribution in [2.45, 2.75) is 110 Å². The maximum Gasteiger partial charge on any atom is 0.137 e. The summed E-state index contributed by atoms with van der Waals surface area (Å²) < 4.78 is 9.21. The van der Waals surface area contributed by atoms with E-state index in [2.05, 4.69) is 236 Å². The fraction of sp³-hybridized carbons (Fsp3) is 0.295. The van der Waals surface area contributed by atoms with Gasteiger partial charge in [0.2, 0.25) is 0 Å². The molecule has 4 aliphatic rings. The first-order valence-electron chi connectivity index (χ1n) is 24.1. The lowest BCUT2D eigenvalue weighted by Crippen LogP contribution is -2.43. The van der Waals surface area contributed by atoms with E-state index in [1.165, 1.54) is 78.0 Å². The number of hydrogen-bond acceptors (Lipinski definition) is 5. The van der Waals surface area contributed by atoms with E-state index < -0.39 is 0 Å². The summed E-state index contributed by atoms with van der Waals surface area (Å²) in [7, 11) is 0. The third kappa shape index (κ3) is 5.97. The zero-order valence-corrected chi connectivity index (χ0v) is 41.1. The fourth-order valence-corrected chi connectivity index (χ4v) is 11.7. The van der Waals surface area contributed by atoms with Crippen LogP contribution in [0.5, 0.6) is 11.5 Å². The Labute approximate surface area is 396 Å². The molecule has 67 heavy (non-hydrogen) atoms. The minimum absolute atomic E-state index is 0.00701. The molecule has 0 bridgehead atoms. The molecule has 0 unspecified atom stereocenters. The minimum Gasteiger partial charge on any atom is -0.457 e. The van der Waals surface area contributed by atoms with Crippen LogP contribution in [0.1, 0.15) is 128 Å². The van der Waals surface area contributed by atoms with Crippen molar-refractivity contribution in [3.8, 4) is 17.3 Å². The highest BCUT2D eigenvalue weighted by Crippen LogP contribution is 2.66. The summed E-state index contributed by atoms with van der Waals surface area (Å²) in [6.45, 7) is 28.8. The molecule has 0 atom stereocenters. The topological polar surface area (TPSA) is 36.8 Å². The smallest absolute Gasteiger partial charge is 0.137 e. The summed E-state index contributed by atoms with van der Waals surface area (Å²) in [5.41, 5.74) is 18.8. The van der Waals surface area contributed by atoms with Crippen LogP contribution < -0.4 is 19.4 Å². The van der Waals surface area contributed by atoms with Gasteiger partial charge in [-0.1, -0.05) is 138 Å². The molecule has 0 saturated carbocycles. The Bertz CT molecular complexity index is 3350. The molecule has 6 heterocycles. The monoisotopic (exact) mass is 879 g/mol. The minimum atomic E-state index is -0.210. The van der Waals surface area contributed by atoms with Crippen molar-refractivity contribution in [1.29, 1.82) is 0 Å². The van der Waals surface area contributed by atoms with Gasteiger partial charge in [-0.3, -0.25) is 4.57 Å². The molecule has 12 rings (SSSR count). The number of rotatable bonds is 5. The normalized spacial score (nSPS) is 17.1. The van der Waals surface area contributed by atoms with Gasteiger partial charge >= 0.3 is 0 Å². The molecule has 0 radical (unpaired) electrons. The first-order valence-corrected chi connectivity index (χ1v) is 24.1. The summed E-state index contributed by atoms with van der Waals surface area (Å²) in [5.74, 6) is 2.50. The van der Waals surface area contributed by atoms with E-state index in [-0.39, 0.29) is 27.1 Å². The van der Waals surface area contributed by atoms with Gasteiger partial charge in [-0.25, -0.2) is 4.98 Å². The van der Waals surface area contributed by atoms with E-state index in [1.807, 2.05) is 6.20 Å². The van der Waals surface area contributed by atoms with E-state index in [1.54, 1.807) is 0 Å². The molecule has 6 nitrogen and oxygen atoms in total. The Kier molecular flexibility index (Phi) is 8.48. The fourth-order valence-electron chi connectivity index (χ4n) is 11.7. The predicted molar refractivity (Wildman–Crippen MR) is 279 cm³/mol. The molecule has 4 aliphatic heterocycles. The molecular formula is C61H61N5O. The molecule has 2 aromatic heterocycles. The standard InChI is InChI=1S/C61H61N5O/c1-57(2,3)37-25-26-62-53(31-37)65-51-22-14-13-17-43(51)44-24-23-41(35-52(44)65)67-42-30-38(58(4,5)6)29-39(32-42)63-27-28-64(36-63)40-33-49-56-50(34-40)61(11,12)48-21-16-19-46-55(48)66(56)54-45(59(46,7)8)18-15-20-47(54)60(49,9)10/h13-35H,36H2,1-12H3. The van der Waals surface area contributed by atoms with Crippen LogP contribution in [-0.2, 0) is 27.1 Å². The lowest BCUT2D eigenvalue weighted by Gasteiger charge is -2.55. The van der Waals surface area contributed by atoms with Crippen molar-refractivity contribution in [3.63, 3.8) is 0 Å². The number of fused-ring (bicyclic) bond motifs is 3. The van der Waals surface area contributed by atoms with Crippen LogP contribution in [-0.4, -0.2) is 16.2 Å². The first kappa shape index (κ1) is 41.6. The first-order chi connectivity index (χ1) is 31.7. The van der Waals surface area contributed by atoms with Gasteiger partial charge in [-0.15, -0.1) is 0 Å². The van der Waals surface area contributed by atoms with Crippen LogP contribution >= 0.6 is 0 Å². The quantitative estimate of drug-likeness (QED) is 0.172. The number of hydrogen-bond donors (Lipinski definition) is 0. The number of anilines is 5. The van der Waals surface area contributed by atoms with Gasteiger partial charge in [0, 0.05) is 69.1 Å². The molecule has 0 saturated heterocycles. The second kappa shape index (κ2) is 13.7. The number of benzene rings is 6. The molecule has 0 amide bonds. The van der Waals surface area contributed by atoms with E-state index in [4.69, 9.17) is 9.72 Å². The highest BCUT2D eigenvalue weighted by Gasteiger charge is 2.52. The highest BCUT2D eigenvalue weighted by atomic mass is 16.5. The summed E-state index contributed by atoms with van der Waals surface area (Å²) in [6, 6.07) is 45.2. The van der Waals surface area contributed by atoms with Gasteiger partial charge in [0.1, 0.15) is 17.3 Å². The Morgan fingerprint density at radius 1 is 0.478 bits per heavy atom. The number of pyridine rings is 1. The predicted octanol–water partition coefficient (Wildman–Crippen LogP) is 15.7. The van der Waals surface area contributed by atoms with Crippen LogP contribution in [0.4, 0.5) is 28.4 Å². The number of ether oxygens (including phenoxy) is 1. The van der Waals surface area contributed by atoms with Crippen LogP contribution in [0.25, 0.3) is 27.6 Å². The molecule has 0 fully saturated rings. The lowest BCUT2D eigenvalue weighted by atomic mass is 9.61. The van der Waals surface area contributed by atoms with Gasteiger partial charge in [-0.2, -0.15) is 0 Å². The molecule has 8 aromatic rings. The van der Waals surface area contributed by atoms with Crippen molar-refractivity contribution >= 4 is 50.2 Å².